The number of carbonyl (C=O) groups excluding carboxylic acids is 1. The van der Waals surface area contributed by atoms with Gasteiger partial charge in [0.05, 0.1) is 11.6 Å². The van der Waals surface area contributed by atoms with Crippen LogP contribution in [0.2, 0.25) is 0 Å². The number of benzene rings is 1. The molecule has 114 valence electrons. The fraction of sp³-hybridized carbons (Fsp3) is 0.438. The fourth-order valence-corrected chi connectivity index (χ4v) is 3.15. The number of rotatable bonds is 1. The van der Waals surface area contributed by atoms with Crippen molar-refractivity contribution in [1.29, 1.82) is 5.26 Å². The zero-order valence-corrected chi connectivity index (χ0v) is 12.9. The molecule has 0 aromatic heterocycles. The standard InChI is InChI=1S/C16H18N4O2/c1-4-18-14-19-13(21)16(20-14)9-15(2,3)22-12-6-5-10(8-17)7-11(12)16/h5-7H,4,9H2,1-3H3,(H2,18,19,20,21). The van der Waals surface area contributed by atoms with Crippen LogP contribution < -0.4 is 15.4 Å². The third-order valence-corrected chi connectivity index (χ3v) is 3.91. The molecule has 2 heterocycles. The number of nitrogens with zero attached hydrogens (tertiary/aromatic N) is 2. The predicted octanol–water partition coefficient (Wildman–Crippen LogP) is 1.41. The van der Waals surface area contributed by atoms with Gasteiger partial charge in [-0.1, -0.05) is 0 Å². The Morgan fingerprint density at radius 3 is 2.91 bits per heavy atom. The highest BCUT2D eigenvalue weighted by Gasteiger charge is 2.54. The Kier molecular flexibility index (Phi) is 3.10. The van der Waals surface area contributed by atoms with E-state index in [-0.39, 0.29) is 5.91 Å². The van der Waals surface area contributed by atoms with E-state index < -0.39 is 11.1 Å². The van der Waals surface area contributed by atoms with Crippen LogP contribution in [0.5, 0.6) is 5.75 Å². The summed E-state index contributed by atoms with van der Waals surface area (Å²) in [6, 6.07) is 7.27. The van der Waals surface area contributed by atoms with Gasteiger partial charge in [0.2, 0.25) is 0 Å². The Hall–Kier alpha value is -2.55. The molecule has 0 radical (unpaired) electrons. The Morgan fingerprint density at radius 2 is 2.23 bits per heavy atom. The summed E-state index contributed by atoms with van der Waals surface area (Å²) in [6.07, 6.45) is 0.455. The first kappa shape index (κ1) is 14.4. The Bertz CT molecular complexity index is 717. The topological polar surface area (TPSA) is 86.5 Å². The Morgan fingerprint density at radius 1 is 1.45 bits per heavy atom. The molecule has 1 saturated heterocycles. The number of nitriles is 1. The Labute approximate surface area is 129 Å². The van der Waals surface area contributed by atoms with Crippen molar-refractivity contribution in [3.05, 3.63) is 29.3 Å². The van der Waals surface area contributed by atoms with E-state index >= 15 is 0 Å². The van der Waals surface area contributed by atoms with Gasteiger partial charge in [0.1, 0.15) is 11.4 Å². The van der Waals surface area contributed by atoms with E-state index in [9.17, 15) is 4.79 Å². The van der Waals surface area contributed by atoms with Crippen LogP contribution in [0.3, 0.4) is 0 Å². The summed E-state index contributed by atoms with van der Waals surface area (Å²) in [5.74, 6) is 0.932. The second-order valence-corrected chi connectivity index (χ2v) is 6.17. The van der Waals surface area contributed by atoms with E-state index in [4.69, 9.17) is 10.00 Å². The van der Waals surface area contributed by atoms with Crippen molar-refractivity contribution in [2.75, 3.05) is 6.54 Å². The zero-order valence-electron chi connectivity index (χ0n) is 12.9. The normalized spacial score (nSPS) is 26.8. The van der Waals surface area contributed by atoms with Crippen molar-refractivity contribution in [2.45, 2.75) is 38.3 Å². The van der Waals surface area contributed by atoms with Crippen LogP contribution in [0.4, 0.5) is 0 Å². The van der Waals surface area contributed by atoms with E-state index in [1.807, 2.05) is 20.8 Å². The summed E-state index contributed by atoms with van der Waals surface area (Å²) in [7, 11) is 0. The second kappa shape index (κ2) is 4.73. The van der Waals surface area contributed by atoms with Crippen molar-refractivity contribution in [1.82, 2.24) is 10.6 Å². The first-order chi connectivity index (χ1) is 10.4. The maximum absolute atomic E-state index is 12.7. The molecular formula is C16H18N4O2. The number of aliphatic imine (C=N–C) groups is 1. The molecular weight excluding hydrogens is 280 g/mol. The maximum atomic E-state index is 12.7. The van der Waals surface area contributed by atoms with Crippen LogP contribution in [-0.2, 0) is 10.3 Å². The van der Waals surface area contributed by atoms with Gasteiger partial charge in [-0.3, -0.25) is 15.1 Å². The number of guanidine groups is 1. The summed E-state index contributed by atoms with van der Waals surface area (Å²) in [4.78, 5) is 16.9. The molecule has 2 N–H and O–H groups in total. The van der Waals surface area contributed by atoms with Crippen LogP contribution in [-0.4, -0.2) is 24.0 Å². The molecule has 1 aromatic rings. The average Bonchev–Trinajstić information content (AvgIpc) is 2.74. The molecule has 3 rings (SSSR count). The second-order valence-electron chi connectivity index (χ2n) is 6.17. The molecule has 2 aliphatic rings. The number of carbonyl (C=O) groups is 1. The van der Waals surface area contributed by atoms with E-state index in [1.165, 1.54) is 0 Å². The molecule has 0 saturated carbocycles. The van der Waals surface area contributed by atoms with Crippen LogP contribution in [0.1, 0.15) is 38.3 Å². The van der Waals surface area contributed by atoms with Gasteiger partial charge < -0.3 is 10.1 Å². The molecule has 1 amide bonds. The minimum atomic E-state index is -0.946. The minimum absolute atomic E-state index is 0.160. The summed E-state index contributed by atoms with van der Waals surface area (Å²) in [6.45, 7) is 6.37. The van der Waals surface area contributed by atoms with E-state index in [2.05, 4.69) is 21.7 Å². The van der Waals surface area contributed by atoms with Gasteiger partial charge in [-0.25, -0.2) is 0 Å². The minimum Gasteiger partial charge on any atom is -0.487 e. The van der Waals surface area contributed by atoms with E-state index in [0.717, 1.165) is 0 Å². The summed E-state index contributed by atoms with van der Waals surface area (Å²) >= 11 is 0. The van der Waals surface area contributed by atoms with Crippen LogP contribution in [0.15, 0.2) is 23.2 Å². The quantitative estimate of drug-likeness (QED) is 0.820. The fourth-order valence-electron chi connectivity index (χ4n) is 3.15. The first-order valence-electron chi connectivity index (χ1n) is 7.28. The van der Waals surface area contributed by atoms with E-state index in [1.54, 1.807) is 18.2 Å². The van der Waals surface area contributed by atoms with Crippen molar-refractivity contribution in [2.24, 2.45) is 4.99 Å². The van der Waals surface area contributed by atoms with Crippen molar-refractivity contribution >= 4 is 11.9 Å². The number of hydrogen-bond donors (Lipinski definition) is 2. The smallest absolute Gasteiger partial charge is 0.257 e. The monoisotopic (exact) mass is 298 g/mol. The highest BCUT2D eigenvalue weighted by atomic mass is 16.5. The highest BCUT2D eigenvalue weighted by Crippen LogP contribution is 2.45. The zero-order chi connectivity index (χ0) is 16.0. The lowest BCUT2D eigenvalue weighted by Gasteiger charge is -2.42. The predicted molar refractivity (Wildman–Crippen MR) is 81.4 cm³/mol. The van der Waals surface area contributed by atoms with Crippen LogP contribution >= 0.6 is 0 Å². The third-order valence-electron chi connectivity index (χ3n) is 3.91. The van der Waals surface area contributed by atoms with Crippen molar-refractivity contribution in [3.8, 4) is 11.8 Å². The van der Waals surface area contributed by atoms with Crippen molar-refractivity contribution in [3.63, 3.8) is 0 Å². The SMILES string of the molecule is CCN=C1NC(=O)C2(CC(C)(C)Oc3ccc(C#N)cc32)N1. The van der Waals surface area contributed by atoms with Gasteiger partial charge in [0.15, 0.2) is 11.5 Å². The molecule has 22 heavy (non-hydrogen) atoms. The molecule has 6 nitrogen and oxygen atoms in total. The molecule has 1 unspecified atom stereocenters. The summed E-state index contributed by atoms with van der Waals surface area (Å²) in [5.41, 5.74) is -0.271. The lowest BCUT2D eigenvalue weighted by molar-refractivity contribution is -0.127. The van der Waals surface area contributed by atoms with Gasteiger partial charge in [0, 0.05) is 18.5 Å². The van der Waals surface area contributed by atoms with Gasteiger partial charge in [-0.05, 0) is 39.0 Å². The highest BCUT2D eigenvalue weighted by molar-refractivity contribution is 6.10. The number of amides is 1. The Balaban J connectivity index is 2.18. The molecule has 0 aliphatic carbocycles. The molecule has 1 aromatic carbocycles. The van der Waals surface area contributed by atoms with Gasteiger partial charge >= 0.3 is 0 Å². The maximum Gasteiger partial charge on any atom is 0.257 e. The molecule has 1 atom stereocenters. The number of nitrogens with one attached hydrogen (secondary N) is 2. The number of fused-ring (bicyclic) bond motifs is 2. The largest absolute Gasteiger partial charge is 0.487 e. The third kappa shape index (κ3) is 2.10. The molecule has 0 bridgehead atoms. The van der Waals surface area contributed by atoms with Crippen LogP contribution in [0, 0.1) is 11.3 Å². The summed E-state index contributed by atoms with van der Waals surface area (Å²) < 4.78 is 5.98. The molecule has 1 fully saturated rings. The average molecular weight is 298 g/mol. The number of ether oxygens (including phenoxy) is 1. The first-order valence-corrected chi connectivity index (χ1v) is 7.28. The summed E-state index contributed by atoms with van der Waals surface area (Å²) in [5, 5.41) is 15.2. The van der Waals surface area contributed by atoms with Gasteiger partial charge in [-0.2, -0.15) is 5.26 Å². The molecule has 2 aliphatic heterocycles. The van der Waals surface area contributed by atoms with E-state index in [0.29, 0.717) is 35.8 Å². The van der Waals surface area contributed by atoms with Gasteiger partial charge in [-0.15, -0.1) is 0 Å². The molecule has 1 spiro atoms. The lowest BCUT2D eigenvalue weighted by Crippen LogP contribution is -2.53. The molecule has 6 heteroatoms. The lowest BCUT2D eigenvalue weighted by atomic mass is 9.77. The number of hydrogen-bond acceptors (Lipinski definition) is 4. The van der Waals surface area contributed by atoms with Gasteiger partial charge in [0.25, 0.3) is 5.91 Å². The van der Waals surface area contributed by atoms with Crippen molar-refractivity contribution < 1.29 is 9.53 Å². The van der Waals surface area contributed by atoms with Crippen LogP contribution in [0.25, 0.3) is 0 Å².